The zero-order valence-electron chi connectivity index (χ0n) is 11.4. The van der Waals surface area contributed by atoms with Gasteiger partial charge in [0, 0.05) is 16.8 Å². The molecule has 0 saturated carbocycles. The van der Waals surface area contributed by atoms with Gasteiger partial charge in [-0.15, -0.1) is 0 Å². The minimum Gasteiger partial charge on any atom is -0.345 e. The molecule has 20 heavy (non-hydrogen) atoms. The highest BCUT2D eigenvalue weighted by molar-refractivity contribution is 6.39. The number of nitrogens with one attached hydrogen (secondary N) is 2. The van der Waals surface area contributed by atoms with Gasteiger partial charge in [-0.05, 0) is 57.2 Å². The van der Waals surface area contributed by atoms with Gasteiger partial charge >= 0.3 is 11.8 Å². The number of anilines is 1. The Morgan fingerprint density at radius 2 is 1.75 bits per heavy atom. The van der Waals surface area contributed by atoms with E-state index in [1.807, 2.05) is 7.05 Å². The average Bonchev–Trinajstić information content (AvgIpc) is 2.44. The molecule has 108 valence electrons. The lowest BCUT2D eigenvalue weighted by molar-refractivity contribution is -0.136. The highest BCUT2D eigenvalue weighted by Gasteiger charge is 2.21. The van der Waals surface area contributed by atoms with Crippen LogP contribution in [0.1, 0.15) is 12.8 Å². The maximum absolute atomic E-state index is 11.8. The summed E-state index contributed by atoms with van der Waals surface area (Å²) in [6.45, 7) is 1.87. The smallest absolute Gasteiger partial charge is 0.313 e. The van der Waals surface area contributed by atoms with Crippen molar-refractivity contribution in [3.63, 3.8) is 0 Å². The van der Waals surface area contributed by atoms with Crippen LogP contribution in [0.25, 0.3) is 0 Å². The summed E-state index contributed by atoms with van der Waals surface area (Å²) in [7, 11) is 2.05. The summed E-state index contributed by atoms with van der Waals surface area (Å²) in [6, 6.07) is 6.71. The normalized spacial score (nSPS) is 16.7. The molecule has 1 aromatic carbocycles. The summed E-state index contributed by atoms with van der Waals surface area (Å²) in [6.07, 6.45) is 1.74. The van der Waals surface area contributed by atoms with Crippen LogP contribution in [0, 0.1) is 0 Å². The Morgan fingerprint density at radius 1 is 1.15 bits per heavy atom. The molecule has 1 aromatic rings. The Kier molecular flexibility index (Phi) is 4.98. The Morgan fingerprint density at radius 3 is 2.35 bits per heavy atom. The van der Waals surface area contributed by atoms with Crippen molar-refractivity contribution in [2.45, 2.75) is 18.9 Å². The highest BCUT2D eigenvalue weighted by atomic mass is 35.5. The van der Waals surface area contributed by atoms with Gasteiger partial charge in [0.1, 0.15) is 0 Å². The number of carbonyl (C=O) groups is 2. The molecular weight excluding hydrogens is 278 g/mol. The van der Waals surface area contributed by atoms with Crippen molar-refractivity contribution in [3.05, 3.63) is 29.3 Å². The van der Waals surface area contributed by atoms with Crippen LogP contribution >= 0.6 is 11.6 Å². The highest BCUT2D eigenvalue weighted by Crippen LogP contribution is 2.13. The zero-order chi connectivity index (χ0) is 14.5. The Hall–Kier alpha value is -1.59. The van der Waals surface area contributed by atoms with Gasteiger partial charge < -0.3 is 15.5 Å². The van der Waals surface area contributed by atoms with E-state index in [0.717, 1.165) is 25.9 Å². The van der Waals surface area contributed by atoms with Gasteiger partial charge in [-0.25, -0.2) is 0 Å². The number of hydrogen-bond donors (Lipinski definition) is 2. The topological polar surface area (TPSA) is 61.4 Å². The first-order valence-electron chi connectivity index (χ1n) is 6.60. The molecule has 0 spiro atoms. The van der Waals surface area contributed by atoms with Crippen molar-refractivity contribution in [1.82, 2.24) is 10.2 Å². The Labute approximate surface area is 123 Å². The van der Waals surface area contributed by atoms with Crippen LogP contribution in [0.15, 0.2) is 24.3 Å². The SMILES string of the molecule is CN1CCC(NC(=O)C(=O)Nc2ccc(Cl)cc2)CC1. The standard InChI is InChI=1S/C14H18ClN3O2/c1-18-8-6-12(7-9-18)17-14(20)13(19)16-11-4-2-10(15)3-5-11/h2-5,12H,6-9H2,1H3,(H,16,19)(H,17,20). The van der Waals surface area contributed by atoms with Gasteiger partial charge in [0.25, 0.3) is 0 Å². The first-order chi connectivity index (χ1) is 9.54. The van der Waals surface area contributed by atoms with Crippen LogP contribution in [0.3, 0.4) is 0 Å². The zero-order valence-corrected chi connectivity index (χ0v) is 12.1. The van der Waals surface area contributed by atoms with Crippen molar-refractivity contribution in [1.29, 1.82) is 0 Å². The van der Waals surface area contributed by atoms with E-state index in [4.69, 9.17) is 11.6 Å². The van der Waals surface area contributed by atoms with Gasteiger partial charge in [0.2, 0.25) is 0 Å². The molecule has 1 aliphatic rings. The molecule has 6 heteroatoms. The van der Waals surface area contributed by atoms with Crippen LogP contribution in [-0.2, 0) is 9.59 Å². The maximum Gasteiger partial charge on any atom is 0.313 e. The molecule has 0 atom stereocenters. The van der Waals surface area contributed by atoms with Crippen molar-refractivity contribution in [3.8, 4) is 0 Å². The predicted molar refractivity (Wildman–Crippen MR) is 78.7 cm³/mol. The lowest BCUT2D eigenvalue weighted by atomic mass is 10.1. The van der Waals surface area contributed by atoms with Gasteiger partial charge in [-0.1, -0.05) is 11.6 Å². The molecule has 0 unspecified atom stereocenters. The first kappa shape index (κ1) is 14.8. The third-order valence-electron chi connectivity index (χ3n) is 3.36. The van der Waals surface area contributed by atoms with Crippen LogP contribution in [0.2, 0.25) is 5.02 Å². The summed E-state index contributed by atoms with van der Waals surface area (Å²) in [5, 5.41) is 5.90. The monoisotopic (exact) mass is 295 g/mol. The summed E-state index contributed by atoms with van der Waals surface area (Å²) >= 11 is 5.76. The number of hydrogen-bond acceptors (Lipinski definition) is 3. The first-order valence-corrected chi connectivity index (χ1v) is 6.98. The fourth-order valence-electron chi connectivity index (χ4n) is 2.12. The second-order valence-corrected chi connectivity index (χ2v) is 5.45. The van der Waals surface area contributed by atoms with Gasteiger partial charge in [0.05, 0.1) is 0 Å². The Bertz CT molecular complexity index is 482. The minimum atomic E-state index is -0.647. The van der Waals surface area contributed by atoms with Gasteiger partial charge in [-0.3, -0.25) is 9.59 Å². The molecular formula is C14H18ClN3O2. The number of piperidine rings is 1. The summed E-state index contributed by atoms with van der Waals surface area (Å²) in [5.41, 5.74) is 0.554. The molecule has 1 fully saturated rings. The lowest BCUT2D eigenvalue weighted by Gasteiger charge is -2.29. The van der Waals surface area contributed by atoms with E-state index in [1.165, 1.54) is 0 Å². The van der Waals surface area contributed by atoms with Crippen molar-refractivity contribution >= 4 is 29.1 Å². The number of nitrogens with zero attached hydrogens (tertiary/aromatic N) is 1. The largest absolute Gasteiger partial charge is 0.345 e. The molecule has 0 aliphatic carbocycles. The second kappa shape index (κ2) is 6.72. The number of likely N-dealkylation sites (tertiary alicyclic amines) is 1. The molecule has 2 rings (SSSR count). The van der Waals surface area contributed by atoms with Crippen LogP contribution < -0.4 is 10.6 Å². The molecule has 2 amide bonds. The van der Waals surface area contributed by atoms with Crippen LogP contribution in [0.4, 0.5) is 5.69 Å². The van der Waals surface area contributed by atoms with Gasteiger partial charge in [0.15, 0.2) is 0 Å². The van der Waals surface area contributed by atoms with Crippen molar-refractivity contribution in [2.75, 3.05) is 25.5 Å². The fourth-order valence-corrected chi connectivity index (χ4v) is 2.25. The Balaban J connectivity index is 1.83. The number of benzene rings is 1. The molecule has 2 N–H and O–H groups in total. The molecule has 1 heterocycles. The van der Waals surface area contributed by atoms with Crippen LogP contribution in [-0.4, -0.2) is 42.9 Å². The molecule has 1 aliphatic heterocycles. The van der Waals surface area contributed by atoms with E-state index < -0.39 is 11.8 Å². The van der Waals surface area contributed by atoms with E-state index >= 15 is 0 Å². The van der Waals surface area contributed by atoms with E-state index in [0.29, 0.717) is 10.7 Å². The predicted octanol–water partition coefficient (Wildman–Crippen LogP) is 1.49. The number of rotatable bonds is 2. The maximum atomic E-state index is 11.8. The van der Waals surface area contributed by atoms with E-state index in [2.05, 4.69) is 15.5 Å². The number of carbonyl (C=O) groups excluding carboxylic acids is 2. The third kappa shape index (κ3) is 4.21. The molecule has 1 saturated heterocycles. The quantitative estimate of drug-likeness (QED) is 0.813. The second-order valence-electron chi connectivity index (χ2n) is 5.01. The minimum absolute atomic E-state index is 0.0784. The molecule has 0 radical (unpaired) electrons. The van der Waals surface area contributed by atoms with Crippen molar-refractivity contribution in [2.24, 2.45) is 0 Å². The van der Waals surface area contributed by atoms with Crippen molar-refractivity contribution < 1.29 is 9.59 Å². The van der Waals surface area contributed by atoms with E-state index in [9.17, 15) is 9.59 Å². The molecule has 5 nitrogen and oxygen atoms in total. The van der Waals surface area contributed by atoms with Gasteiger partial charge in [-0.2, -0.15) is 0 Å². The van der Waals surface area contributed by atoms with E-state index in [-0.39, 0.29) is 6.04 Å². The number of amides is 2. The summed E-state index contributed by atoms with van der Waals surface area (Å²) in [4.78, 5) is 25.8. The lowest BCUT2D eigenvalue weighted by Crippen LogP contribution is -2.46. The van der Waals surface area contributed by atoms with E-state index in [1.54, 1.807) is 24.3 Å². The van der Waals surface area contributed by atoms with Crippen LogP contribution in [0.5, 0.6) is 0 Å². The number of halogens is 1. The summed E-state index contributed by atoms with van der Waals surface area (Å²) < 4.78 is 0. The average molecular weight is 296 g/mol. The molecule has 0 aromatic heterocycles. The molecule has 0 bridgehead atoms. The summed E-state index contributed by atoms with van der Waals surface area (Å²) in [5.74, 6) is -1.24. The fraction of sp³-hybridized carbons (Fsp3) is 0.429. The third-order valence-corrected chi connectivity index (χ3v) is 3.61.